The maximum absolute atomic E-state index is 6.36. The largest absolute Gasteiger partial charge is 0.490 e. The van der Waals surface area contributed by atoms with Crippen molar-refractivity contribution in [3.8, 4) is 11.5 Å². The number of rotatable bonds is 10. The summed E-state index contributed by atoms with van der Waals surface area (Å²) in [4.78, 5) is 2.18. The highest BCUT2D eigenvalue weighted by molar-refractivity contribution is 6.31. The molecule has 0 aliphatic heterocycles. The van der Waals surface area contributed by atoms with Gasteiger partial charge in [-0.1, -0.05) is 11.6 Å². The third-order valence-corrected chi connectivity index (χ3v) is 3.40. The van der Waals surface area contributed by atoms with Crippen LogP contribution in [0.1, 0.15) is 32.8 Å². The molecular formula is C17H29ClN2O2. The van der Waals surface area contributed by atoms with Crippen LogP contribution in [0.15, 0.2) is 12.1 Å². The SMILES string of the molecule is CCOc1cc(CNCCCN(C)C)c(Cl)cc1OC(C)C. The number of halogens is 1. The van der Waals surface area contributed by atoms with Gasteiger partial charge in [-0.15, -0.1) is 0 Å². The molecule has 1 aromatic rings. The third kappa shape index (κ3) is 6.86. The fraction of sp³-hybridized carbons (Fsp3) is 0.647. The van der Waals surface area contributed by atoms with E-state index >= 15 is 0 Å². The molecule has 0 saturated carbocycles. The Balaban J connectivity index is 2.68. The normalized spacial score (nSPS) is 11.3. The van der Waals surface area contributed by atoms with Gasteiger partial charge in [0.1, 0.15) is 0 Å². The molecule has 1 N–H and O–H groups in total. The van der Waals surface area contributed by atoms with Gasteiger partial charge in [-0.2, -0.15) is 0 Å². The average Bonchev–Trinajstić information content (AvgIpc) is 2.42. The molecule has 0 heterocycles. The minimum atomic E-state index is 0.0882. The van der Waals surface area contributed by atoms with E-state index in [1.54, 1.807) is 0 Å². The van der Waals surface area contributed by atoms with E-state index in [9.17, 15) is 0 Å². The van der Waals surface area contributed by atoms with Crippen LogP contribution in [-0.2, 0) is 6.54 Å². The maximum Gasteiger partial charge on any atom is 0.163 e. The van der Waals surface area contributed by atoms with Gasteiger partial charge in [0.25, 0.3) is 0 Å². The average molecular weight is 329 g/mol. The fourth-order valence-corrected chi connectivity index (χ4v) is 2.29. The molecule has 0 unspecified atom stereocenters. The molecule has 0 radical (unpaired) electrons. The lowest BCUT2D eigenvalue weighted by molar-refractivity contribution is 0.223. The van der Waals surface area contributed by atoms with Crippen LogP contribution in [0.5, 0.6) is 11.5 Å². The second-order valence-electron chi connectivity index (χ2n) is 5.82. The van der Waals surface area contributed by atoms with Crippen LogP contribution in [0, 0.1) is 0 Å². The molecule has 0 bridgehead atoms. The first-order chi connectivity index (χ1) is 10.4. The van der Waals surface area contributed by atoms with Crippen molar-refractivity contribution < 1.29 is 9.47 Å². The summed E-state index contributed by atoms with van der Waals surface area (Å²) < 4.78 is 11.4. The van der Waals surface area contributed by atoms with Gasteiger partial charge in [-0.3, -0.25) is 0 Å². The highest BCUT2D eigenvalue weighted by Crippen LogP contribution is 2.34. The molecule has 0 fully saturated rings. The Morgan fingerprint density at radius 3 is 2.55 bits per heavy atom. The number of nitrogens with zero attached hydrogens (tertiary/aromatic N) is 1. The van der Waals surface area contributed by atoms with E-state index in [1.807, 2.05) is 32.9 Å². The van der Waals surface area contributed by atoms with Crippen molar-refractivity contribution in [2.24, 2.45) is 0 Å². The van der Waals surface area contributed by atoms with Gasteiger partial charge < -0.3 is 19.7 Å². The lowest BCUT2D eigenvalue weighted by Crippen LogP contribution is -2.21. The Labute approximate surface area is 139 Å². The minimum Gasteiger partial charge on any atom is -0.490 e. The Kier molecular flexibility index (Phi) is 8.61. The molecule has 0 aliphatic rings. The minimum absolute atomic E-state index is 0.0882. The predicted molar refractivity (Wildman–Crippen MR) is 93.3 cm³/mol. The quantitative estimate of drug-likeness (QED) is 0.666. The molecular weight excluding hydrogens is 300 g/mol. The van der Waals surface area contributed by atoms with Gasteiger partial charge in [0.15, 0.2) is 11.5 Å². The van der Waals surface area contributed by atoms with Crippen LogP contribution in [0.25, 0.3) is 0 Å². The monoisotopic (exact) mass is 328 g/mol. The van der Waals surface area contributed by atoms with Crippen molar-refractivity contribution in [1.82, 2.24) is 10.2 Å². The summed E-state index contributed by atoms with van der Waals surface area (Å²) in [7, 11) is 4.16. The van der Waals surface area contributed by atoms with Crippen LogP contribution < -0.4 is 14.8 Å². The zero-order valence-corrected chi connectivity index (χ0v) is 15.2. The summed E-state index contributed by atoms with van der Waals surface area (Å²) in [5.74, 6) is 1.46. The van der Waals surface area contributed by atoms with Gasteiger partial charge in [-0.25, -0.2) is 0 Å². The zero-order valence-electron chi connectivity index (χ0n) is 14.4. The summed E-state index contributed by atoms with van der Waals surface area (Å²) >= 11 is 6.36. The summed E-state index contributed by atoms with van der Waals surface area (Å²) in [5, 5.41) is 4.13. The van der Waals surface area contributed by atoms with E-state index in [4.69, 9.17) is 21.1 Å². The maximum atomic E-state index is 6.36. The first-order valence-corrected chi connectivity index (χ1v) is 8.29. The number of ether oxygens (including phenoxy) is 2. The van der Waals surface area contributed by atoms with Crippen LogP contribution >= 0.6 is 11.6 Å². The Morgan fingerprint density at radius 1 is 1.23 bits per heavy atom. The van der Waals surface area contributed by atoms with Crippen molar-refractivity contribution in [2.45, 2.75) is 39.8 Å². The Bertz CT molecular complexity index is 451. The molecule has 4 nitrogen and oxygen atoms in total. The van der Waals surface area contributed by atoms with Crippen LogP contribution in [-0.4, -0.2) is 44.8 Å². The third-order valence-electron chi connectivity index (χ3n) is 3.05. The summed E-state index contributed by atoms with van der Waals surface area (Å²) in [6, 6.07) is 3.83. The van der Waals surface area contributed by atoms with Crippen molar-refractivity contribution in [3.05, 3.63) is 22.7 Å². The van der Waals surface area contributed by atoms with E-state index in [-0.39, 0.29) is 6.10 Å². The van der Waals surface area contributed by atoms with Crippen molar-refractivity contribution >= 4 is 11.6 Å². The molecule has 0 saturated heterocycles. The van der Waals surface area contributed by atoms with Crippen LogP contribution in [0.4, 0.5) is 0 Å². The second kappa shape index (κ2) is 9.93. The lowest BCUT2D eigenvalue weighted by atomic mass is 10.2. The van der Waals surface area contributed by atoms with Gasteiger partial charge in [0.2, 0.25) is 0 Å². The first kappa shape index (κ1) is 19.1. The molecule has 0 amide bonds. The van der Waals surface area contributed by atoms with Gasteiger partial charge in [0.05, 0.1) is 12.7 Å². The summed E-state index contributed by atoms with van der Waals surface area (Å²) in [6.45, 7) is 9.32. The fourth-order valence-electron chi connectivity index (χ4n) is 2.07. The Hall–Kier alpha value is -0.970. The predicted octanol–water partition coefficient (Wildman–Crippen LogP) is 3.57. The Morgan fingerprint density at radius 2 is 1.95 bits per heavy atom. The molecule has 22 heavy (non-hydrogen) atoms. The van der Waals surface area contributed by atoms with Crippen LogP contribution in [0.2, 0.25) is 5.02 Å². The van der Waals surface area contributed by atoms with E-state index in [0.717, 1.165) is 37.4 Å². The lowest BCUT2D eigenvalue weighted by Gasteiger charge is -2.17. The number of nitrogens with one attached hydrogen (secondary N) is 1. The molecule has 126 valence electrons. The topological polar surface area (TPSA) is 33.7 Å². The molecule has 0 aliphatic carbocycles. The van der Waals surface area contributed by atoms with E-state index in [0.29, 0.717) is 17.4 Å². The summed E-state index contributed by atoms with van der Waals surface area (Å²) in [5.41, 5.74) is 1.03. The molecule has 0 aromatic heterocycles. The molecule has 0 atom stereocenters. The highest BCUT2D eigenvalue weighted by atomic mass is 35.5. The zero-order chi connectivity index (χ0) is 16.5. The van der Waals surface area contributed by atoms with Crippen molar-refractivity contribution in [1.29, 1.82) is 0 Å². The molecule has 0 spiro atoms. The van der Waals surface area contributed by atoms with Crippen LogP contribution in [0.3, 0.4) is 0 Å². The first-order valence-electron chi connectivity index (χ1n) is 7.91. The highest BCUT2D eigenvalue weighted by Gasteiger charge is 2.12. The molecule has 5 heteroatoms. The van der Waals surface area contributed by atoms with E-state index in [2.05, 4.69) is 24.3 Å². The number of benzene rings is 1. The standard InChI is InChI=1S/C17H29ClN2O2/c1-6-21-16-10-14(12-19-8-7-9-20(4)5)15(18)11-17(16)22-13(2)3/h10-11,13,19H,6-9,12H2,1-5H3. The molecule has 1 aromatic carbocycles. The van der Waals surface area contributed by atoms with E-state index in [1.165, 1.54) is 0 Å². The van der Waals surface area contributed by atoms with Gasteiger partial charge >= 0.3 is 0 Å². The number of hydrogen-bond acceptors (Lipinski definition) is 4. The summed E-state index contributed by atoms with van der Waals surface area (Å²) in [6.07, 6.45) is 1.20. The second-order valence-corrected chi connectivity index (χ2v) is 6.23. The van der Waals surface area contributed by atoms with Crippen molar-refractivity contribution in [3.63, 3.8) is 0 Å². The molecule has 1 rings (SSSR count). The van der Waals surface area contributed by atoms with Gasteiger partial charge in [0, 0.05) is 17.6 Å². The number of hydrogen-bond donors (Lipinski definition) is 1. The van der Waals surface area contributed by atoms with Crippen molar-refractivity contribution in [2.75, 3.05) is 33.8 Å². The smallest absolute Gasteiger partial charge is 0.163 e. The van der Waals surface area contributed by atoms with Gasteiger partial charge in [-0.05, 0) is 66.0 Å². The van der Waals surface area contributed by atoms with E-state index < -0.39 is 0 Å².